The minimum absolute atomic E-state index is 0.0228. The van der Waals surface area contributed by atoms with Gasteiger partial charge in [0.2, 0.25) is 5.91 Å². The van der Waals surface area contributed by atoms with E-state index in [9.17, 15) is 4.79 Å². The summed E-state index contributed by atoms with van der Waals surface area (Å²) >= 11 is 0. The second-order valence-electron chi connectivity index (χ2n) is 6.20. The first-order chi connectivity index (χ1) is 11.8. The molecule has 2 heterocycles. The fourth-order valence-corrected chi connectivity index (χ4v) is 3.03. The Kier molecular flexibility index (Phi) is 5.93. The summed E-state index contributed by atoms with van der Waals surface area (Å²) in [6.07, 6.45) is 4.96. The highest BCUT2D eigenvalue weighted by Crippen LogP contribution is 2.13. The number of pyridine rings is 1. The van der Waals surface area contributed by atoms with Gasteiger partial charge in [0, 0.05) is 44.8 Å². The third kappa shape index (κ3) is 5.15. The fourth-order valence-electron chi connectivity index (χ4n) is 3.03. The molecule has 5 heteroatoms. The summed E-state index contributed by atoms with van der Waals surface area (Å²) < 4.78 is 0. The van der Waals surface area contributed by atoms with E-state index in [0.717, 1.165) is 31.7 Å². The van der Waals surface area contributed by atoms with E-state index in [0.29, 0.717) is 19.0 Å². The average molecular weight is 324 g/mol. The molecule has 1 saturated heterocycles. The van der Waals surface area contributed by atoms with Crippen LogP contribution in [0.25, 0.3) is 0 Å². The number of nitrogens with zero attached hydrogens (tertiary/aromatic N) is 2. The van der Waals surface area contributed by atoms with Gasteiger partial charge in [0.25, 0.3) is 0 Å². The van der Waals surface area contributed by atoms with Gasteiger partial charge in [-0.3, -0.25) is 14.7 Å². The lowest BCUT2D eigenvalue weighted by Gasteiger charge is -2.16. The summed E-state index contributed by atoms with van der Waals surface area (Å²) in [6, 6.07) is 14.7. The van der Waals surface area contributed by atoms with Crippen molar-refractivity contribution in [2.75, 3.05) is 25.0 Å². The van der Waals surface area contributed by atoms with Gasteiger partial charge in [0.1, 0.15) is 0 Å². The van der Waals surface area contributed by atoms with E-state index < -0.39 is 0 Å². The number of anilines is 1. The third-order valence-electron chi connectivity index (χ3n) is 4.25. The van der Waals surface area contributed by atoms with E-state index in [-0.39, 0.29) is 5.91 Å². The molecule has 0 saturated carbocycles. The summed E-state index contributed by atoms with van der Waals surface area (Å²) in [6.45, 7) is 3.85. The molecule has 1 fully saturated rings. The zero-order chi connectivity index (χ0) is 16.6. The van der Waals surface area contributed by atoms with E-state index >= 15 is 0 Å². The Balaban J connectivity index is 1.33. The predicted molar refractivity (Wildman–Crippen MR) is 95.6 cm³/mol. The molecule has 0 bridgehead atoms. The van der Waals surface area contributed by atoms with Gasteiger partial charge in [-0.05, 0) is 24.1 Å². The molecule has 0 radical (unpaired) electrons. The van der Waals surface area contributed by atoms with Crippen LogP contribution in [0.5, 0.6) is 0 Å². The van der Waals surface area contributed by atoms with Crippen LogP contribution in [-0.4, -0.2) is 41.5 Å². The van der Waals surface area contributed by atoms with Crippen LogP contribution in [0.1, 0.15) is 18.4 Å². The molecule has 24 heavy (non-hydrogen) atoms. The number of hydrogen-bond donors (Lipinski definition) is 2. The van der Waals surface area contributed by atoms with Crippen LogP contribution < -0.4 is 10.6 Å². The summed E-state index contributed by atoms with van der Waals surface area (Å²) in [5.74, 6) is 0.0228. The molecule has 2 aromatic rings. The number of aromatic nitrogens is 1. The molecule has 2 N–H and O–H groups in total. The van der Waals surface area contributed by atoms with E-state index in [1.165, 1.54) is 5.56 Å². The Bertz CT molecular complexity index is 632. The van der Waals surface area contributed by atoms with Gasteiger partial charge < -0.3 is 10.6 Å². The maximum absolute atomic E-state index is 11.9. The topological polar surface area (TPSA) is 57.3 Å². The molecule has 1 amide bonds. The lowest BCUT2D eigenvalue weighted by molar-refractivity contribution is -0.116. The van der Waals surface area contributed by atoms with Gasteiger partial charge in [0.05, 0.1) is 11.9 Å². The Labute approximate surface area is 143 Å². The lowest BCUT2D eigenvalue weighted by atomic mass is 10.2. The molecule has 1 aromatic carbocycles. The van der Waals surface area contributed by atoms with Crippen molar-refractivity contribution in [3.8, 4) is 0 Å². The Morgan fingerprint density at radius 1 is 1.21 bits per heavy atom. The molecule has 1 aromatic heterocycles. The zero-order valence-corrected chi connectivity index (χ0v) is 13.8. The quantitative estimate of drug-likeness (QED) is 0.820. The minimum atomic E-state index is 0.0228. The highest BCUT2D eigenvalue weighted by Gasteiger charge is 2.21. The SMILES string of the molecule is O=C(CCN[C@@H]1CCN(Cc2ccccc2)C1)Nc1cccnc1. The highest BCUT2D eigenvalue weighted by atomic mass is 16.1. The first-order valence-electron chi connectivity index (χ1n) is 8.49. The first kappa shape index (κ1) is 16.6. The Hall–Kier alpha value is -2.24. The number of carbonyl (C=O) groups excluding carboxylic acids is 1. The zero-order valence-electron chi connectivity index (χ0n) is 13.8. The van der Waals surface area contributed by atoms with Gasteiger partial charge in [0.15, 0.2) is 0 Å². The maximum atomic E-state index is 11.9. The van der Waals surface area contributed by atoms with Crippen LogP contribution in [0.2, 0.25) is 0 Å². The van der Waals surface area contributed by atoms with Crippen LogP contribution in [0.3, 0.4) is 0 Å². The lowest BCUT2D eigenvalue weighted by Crippen LogP contribution is -2.34. The van der Waals surface area contributed by atoms with E-state index in [4.69, 9.17) is 0 Å². The molecule has 0 unspecified atom stereocenters. The Morgan fingerprint density at radius 3 is 2.88 bits per heavy atom. The van der Waals surface area contributed by atoms with E-state index in [1.54, 1.807) is 12.4 Å². The number of amides is 1. The first-order valence-corrected chi connectivity index (χ1v) is 8.49. The third-order valence-corrected chi connectivity index (χ3v) is 4.25. The van der Waals surface area contributed by atoms with Gasteiger partial charge in [-0.15, -0.1) is 0 Å². The second kappa shape index (κ2) is 8.57. The Morgan fingerprint density at radius 2 is 2.08 bits per heavy atom. The number of nitrogens with one attached hydrogen (secondary N) is 2. The number of benzene rings is 1. The smallest absolute Gasteiger partial charge is 0.225 e. The van der Waals surface area contributed by atoms with Crippen molar-refractivity contribution in [3.63, 3.8) is 0 Å². The molecule has 126 valence electrons. The summed E-state index contributed by atoms with van der Waals surface area (Å²) in [5.41, 5.74) is 2.10. The number of carbonyl (C=O) groups is 1. The van der Waals surface area contributed by atoms with E-state index in [1.807, 2.05) is 18.2 Å². The molecule has 1 aliphatic heterocycles. The van der Waals surface area contributed by atoms with Gasteiger partial charge >= 0.3 is 0 Å². The van der Waals surface area contributed by atoms with Crippen molar-refractivity contribution < 1.29 is 4.79 Å². The molecule has 1 atom stereocenters. The van der Waals surface area contributed by atoms with Crippen molar-refractivity contribution in [3.05, 3.63) is 60.4 Å². The van der Waals surface area contributed by atoms with Crippen molar-refractivity contribution >= 4 is 11.6 Å². The highest BCUT2D eigenvalue weighted by molar-refractivity contribution is 5.90. The van der Waals surface area contributed by atoms with Crippen LogP contribution >= 0.6 is 0 Å². The largest absolute Gasteiger partial charge is 0.325 e. The number of likely N-dealkylation sites (tertiary alicyclic amines) is 1. The van der Waals surface area contributed by atoms with Crippen molar-refractivity contribution in [1.82, 2.24) is 15.2 Å². The molecule has 0 spiro atoms. The fraction of sp³-hybridized carbons (Fsp3) is 0.368. The number of rotatable bonds is 7. The number of hydrogen-bond acceptors (Lipinski definition) is 4. The molecule has 3 rings (SSSR count). The molecule has 5 nitrogen and oxygen atoms in total. The van der Waals surface area contributed by atoms with Gasteiger partial charge in [-0.2, -0.15) is 0 Å². The average Bonchev–Trinajstić information content (AvgIpc) is 3.04. The summed E-state index contributed by atoms with van der Waals surface area (Å²) in [7, 11) is 0. The maximum Gasteiger partial charge on any atom is 0.225 e. The van der Waals surface area contributed by atoms with Gasteiger partial charge in [-0.1, -0.05) is 30.3 Å². The van der Waals surface area contributed by atoms with Crippen molar-refractivity contribution in [2.45, 2.75) is 25.4 Å². The molecule has 1 aliphatic rings. The van der Waals surface area contributed by atoms with Crippen LogP contribution in [-0.2, 0) is 11.3 Å². The van der Waals surface area contributed by atoms with Gasteiger partial charge in [-0.25, -0.2) is 0 Å². The van der Waals surface area contributed by atoms with E-state index in [2.05, 4.69) is 44.8 Å². The summed E-state index contributed by atoms with van der Waals surface area (Å²) in [4.78, 5) is 18.4. The van der Waals surface area contributed by atoms with Crippen LogP contribution in [0, 0.1) is 0 Å². The predicted octanol–water partition coefficient (Wildman–Crippen LogP) is 2.27. The van der Waals surface area contributed by atoms with Crippen molar-refractivity contribution in [2.24, 2.45) is 0 Å². The standard InChI is InChI=1S/C19H24N4O/c24-19(22-17-7-4-10-20-13-17)8-11-21-18-9-12-23(15-18)14-16-5-2-1-3-6-16/h1-7,10,13,18,21H,8-9,11-12,14-15H2,(H,22,24)/t18-/m1/s1. The summed E-state index contributed by atoms with van der Waals surface area (Å²) in [5, 5.41) is 6.35. The minimum Gasteiger partial charge on any atom is -0.325 e. The second-order valence-corrected chi connectivity index (χ2v) is 6.20. The molecular formula is C19H24N4O. The molecular weight excluding hydrogens is 300 g/mol. The normalized spacial score (nSPS) is 17.8. The van der Waals surface area contributed by atoms with Crippen molar-refractivity contribution in [1.29, 1.82) is 0 Å². The van der Waals surface area contributed by atoms with Crippen LogP contribution in [0.15, 0.2) is 54.9 Å². The molecule has 0 aliphatic carbocycles. The monoisotopic (exact) mass is 324 g/mol. The van der Waals surface area contributed by atoms with Crippen LogP contribution in [0.4, 0.5) is 5.69 Å².